The van der Waals surface area contributed by atoms with E-state index in [1.165, 1.54) is 0 Å². The fraction of sp³-hybridized carbons (Fsp3) is 0.565. The number of hydrogen-bond donors (Lipinski definition) is 0. The van der Waals surface area contributed by atoms with E-state index in [1.54, 1.807) is 0 Å². The molecule has 0 saturated carbocycles. The number of halogens is 1. The molecule has 0 unspecified atom stereocenters. The zero-order chi connectivity index (χ0) is 21.3. The molecule has 0 aromatic heterocycles. The molecule has 1 aromatic rings. The topological polar surface area (TPSA) is 36.9 Å². The highest BCUT2D eigenvalue weighted by molar-refractivity contribution is 14.1. The molecule has 4 nitrogen and oxygen atoms in total. The summed E-state index contributed by atoms with van der Waals surface area (Å²) in [5, 5.41) is 0.111. The van der Waals surface area contributed by atoms with Crippen LogP contribution in [0.4, 0.5) is 0 Å². The third-order valence-corrected chi connectivity index (χ3v) is 11.1. The van der Waals surface area contributed by atoms with Gasteiger partial charge in [-0.1, -0.05) is 85.8 Å². The SMILES string of the molecule is CC(C)(C)[Si](C)(C)O[C@]1(C)C=C[C@@H]2O[C@H](c3ccccc3)OC[C@H]2O[C@H]1/C=C/I. The molecule has 0 N–H and O–H groups in total. The molecule has 1 aromatic carbocycles. The van der Waals surface area contributed by atoms with Gasteiger partial charge in [0, 0.05) is 5.56 Å². The van der Waals surface area contributed by atoms with Crippen LogP contribution >= 0.6 is 22.6 Å². The van der Waals surface area contributed by atoms with Crippen LogP contribution in [0.3, 0.4) is 0 Å². The summed E-state index contributed by atoms with van der Waals surface area (Å²) in [5.74, 6) is 0. The lowest BCUT2D eigenvalue weighted by molar-refractivity contribution is -0.260. The van der Waals surface area contributed by atoms with E-state index >= 15 is 0 Å². The van der Waals surface area contributed by atoms with E-state index in [0.29, 0.717) is 6.61 Å². The predicted octanol–water partition coefficient (Wildman–Crippen LogP) is 6.15. The monoisotopic (exact) mass is 528 g/mol. The van der Waals surface area contributed by atoms with Crippen molar-refractivity contribution in [2.75, 3.05) is 6.61 Å². The lowest BCUT2D eigenvalue weighted by Gasteiger charge is -2.45. The summed E-state index contributed by atoms with van der Waals surface area (Å²) in [7, 11) is -2.01. The highest BCUT2D eigenvalue weighted by atomic mass is 127. The van der Waals surface area contributed by atoms with Crippen molar-refractivity contribution in [3.63, 3.8) is 0 Å². The molecule has 0 spiro atoms. The van der Waals surface area contributed by atoms with Crippen LogP contribution < -0.4 is 0 Å². The molecule has 160 valence electrons. The standard InChI is InChI=1S/C23H33IO4Si/c1-22(2,3)29(5,6)28-23(4)14-12-18-19(26-20(23)13-15-24)16-25-21(27-18)17-10-8-7-9-11-17/h7-15,18-21H,16H2,1-6H3/b15-13+/t18-,19+,20-,21+,23+/m0/s1. The van der Waals surface area contributed by atoms with E-state index in [0.717, 1.165) is 5.56 Å². The average molecular weight is 529 g/mol. The molecule has 3 rings (SSSR count). The van der Waals surface area contributed by atoms with Gasteiger partial charge in [0.25, 0.3) is 0 Å². The Labute approximate surface area is 189 Å². The molecule has 0 aliphatic carbocycles. The zero-order valence-corrected chi connectivity index (χ0v) is 21.4. The maximum atomic E-state index is 6.87. The minimum absolute atomic E-state index is 0.111. The van der Waals surface area contributed by atoms with E-state index in [4.69, 9.17) is 18.6 Å². The second-order valence-electron chi connectivity index (χ2n) is 9.50. The number of hydrogen-bond acceptors (Lipinski definition) is 4. The summed E-state index contributed by atoms with van der Waals surface area (Å²) in [6.07, 6.45) is 5.39. The Balaban J connectivity index is 1.86. The molecule has 0 radical (unpaired) electrons. The Morgan fingerprint density at radius 3 is 2.48 bits per heavy atom. The fourth-order valence-corrected chi connectivity index (χ4v) is 5.39. The van der Waals surface area contributed by atoms with Gasteiger partial charge in [0.1, 0.15) is 23.9 Å². The van der Waals surface area contributed by atoms with E-state index < -0.39 is 13.9 Å². The first-order valence-electron chi connectivity index (χ1n) is 10.2. The lowest BCUT2D eigenvalue weighted by Crippen LogP contribution is -2.53. The highest BCUT2D eigenvalue weighted by Crippen LogP contribution is 2.42. The van der Waals surface area contributed by atoms with Crippen molar-refractivity contribution in [3.8, 4) is 0 Å². The van der Waals surface area contributed by atoms with E-state index in [9.17, 15) is 0 Å². The van der Waals surface area contributed by atoms with Crippen LogP contribution in [0.15, 0.2) is 52.6 Å². The maximum Gasteiger partial charge on any atom is 0.193 e. The van der Waals surface area contributed by atoms with Crippen LogP contribution in [0.25, 0.3) is 0 Å². The van der Waals surface area contributed by atoms with Gasteiger partial charge in [-0.2, -0.15) is 0 Å². The quantitative estimate of drug-likeness (QED) is 0.267. The van der Waals surface area contributed by atoms with Crippen LogP contribution in [-0.2, 0) is 18.6 Å². The molecule has 2 aliphatic rings. The number of fused-ring (bicyclic) bond motifs is 1. The first kappa shape index (κ1) is 23.2. The van der Waals surface area contributed by atoms with Gasteiger partial charge in [-0.05, 0) is 35.2 Å². The largest absolute Gasteiger partial charge is 0.405 e. The molecular weight excluding hydrogens is 495 g/mol. The summed E-state index contributed by atoms with van der Waals surface area (Å²) >= 11 is 2.24. The Morgan fingerprint density at radius 1 is 1.17 bits per heavy atom. The third-order valence-electron chi connectivity index (χ3n) is 6.16. The molecule has 2 heterocycles. The van der Waals surface area contributed by atoms with Gasteiger partial charge in [0.2, 0.25) is 0 Å². The van der Waals surface area contributed by atoms with Gasteiger partial charge in [-0.3, -0.25) is 0 Å². The first-order valence-corrected chi connectivity index (χ1v) is 14.3. The van der Waals surface area contributed by atoms with Gasteiger partial charge >= 0.3 is 0 Å². The predicted molar refractivity (Wildman–Crippen MR) is 128 cm³/mol. The Hall–Kier alpha value is -0.513. The number of rotatable bonds is 4. The van der Waals surface area contributed by atoms with Crippen molar-refractivity contribution in [2.24, 2.45) is 0 Å². The minimum atomic E-state index is -2.01. The Kier molecular flexibility index (Phi) is 7.13. The normalized spacial score (nSPS) is 33.5. The minimum Gasteiger partial charge on any atom is -0.405 e. The molecule has 1 fully saturated rings. The summed E-state index contributed by atoms with van der Waals surface area (Å²) in [5.41, 5.74) is 0.459. The van der Waals surface area contributed by atoms with Crippen molar-refractivity contribution >= 4 is 30.9 Å². The van der Waals surface area contributed by atoms with Gasteiger partial charge in [-0.25, -0.2) is 0 Å². The number of ether oxygens (including phenoxy) is 3. The second kappa shape index (κ2) is 8.92. The van der Waals surface area contributed by atoms with E-state index in [1.807, 2.05) is 34.4 Å². The molecule has 0 bridgehead atoms. The molecule has 0 amide bonds. The van der Waals surface area contributed by atoms with Crippen LogP contribution in [0.2, 0.25) is 18.1 Å². The first-order chi connectivity index (χ1) is 13.6. The van der Waals surface area contributed by atoms with Crippen LogP contribution in [0.5, 0.6) is 0 Å². The molecule has 5 atom stereocenters. The Morgan fingerprint density at radius 2 is 1.86 bits per heavy atom. The van der Waals surface area contributed by atoms with Crippen molar-refractivity contribution in [2.45, 2.75) is 76.0 Å². The summed E-state index contributed by atoms with van der Waals surface area (Å²) < 4.78 is 27.6. The van der Waals surface area contributed by atoms with Crippen LogP contribution in [-0.4, -0.2) is 38.8 Å². The second-order valence-corrected chi connectivity index (χ2v) is 14.9. The maximum absolute atomic E-state index is 6.87. The summed E-state index contributed by atoms with van der Waals surface area (Å²) in [4.78, 5) is 0. The number of benzene rings is 1. The zero-order valence-electron chi connectivity index (χ0n) is 18.2. The molecule has 29 heavy (non-hydrogen) atoms. The van der Waals surface area contributed by atoms with Gasteiger partial charge in [0.05, 0.1) is 6.61 Å². The average Bonchev–Trinajstić information content (AvgIpc) is 2.78. The van der Waals surface area contributed by atoms with Crippen LogP contribution in [0.1, 0.15) is 39.5 Å². The molecule has 1 saturated heterocycles. The Bertz CT molecular complexity index is 743. The summed E-state index contributed by atoms with van der Waals surface area (Å²) in [6, 6.07) is 10.0. The van der Waals surface area contributed by atoms with E-state index in [2.05, 4.69) is 81.6 Å². The van der Waals surface area contributed by atoms with E-state index in [-0.39, 0.29) is 29.6 Å². The van der Waals surface area contributed by atoms with Crippen LogP contribution in [0, 0.1) is 0 Å². The van der Waals surface area contributed by atoms with Crippen molar-refractivity contribution in [3.05, 3.63) is 58.2 Å². The van der Waals surface area contributed by atoms with Crippen molar-refractivity contribution < 1.29 is 18.6 Å². The highest BCUT2D eigenvalue weighted by Gasteiger charge is 2.48. The van der Waals surface area contributed by atoms with Gasteiger partial charge in [-0.15, -0.1) is 0 Å². The third kappa shape index (κ3) is 5.22. The van der Waals surface area contributed by atoms with Gasteiger partial charge in [0.15, 0.2) is 14.6 Å². The molecular formula is C23H33IO4Si. The molecule has 6 heteroatoms. The fourth-order valence-electron chi connectivity index (χ4n) is 3.42. The lowest BCUT2D eigenvalue weighted by atomic mass is 9.99. The smallest absolute Gasteiger partial charge is 0.193 e. The summed E-state index contributed by atoms with van der Waals surface area (Å²) in [6.45, 7) is 13.9. The van der Waals surface area contributed by atoms with Crippen molar-refractivity contribution in [1.29, 1.82) is 0 Å². The molecule has 2 aliphatic heterocycles. The van der Waals surface area contributed by atoms with Crippen molar-refractivity contribution in [1.82, 2.24) is 0 Å². The van der Waals surface area contributed by atoms with Gasteiger partial charge < -0.3 is 18.6 Å².